The van der Waals surface area contributed by atoms with Gasteiger partial charge in [0.15, 0.2) is 0 Å². The Bertz CT molecular complexity index is 200. The molecule has 2 saturated heterocycles. The molecular weight excluding hydrogens is 172 g/mol. The summed E-state index contributed by atoms with van der Waals surface area (Å²) in [5.74, 6) is 0. The fraction of sp³-hybridized carbons (Fsp3) is 1.00. The molecule has 2 rings (SSSR count). The number of piperidine rings is 1. The molecule has 0 radical (unpaired) electrons. The van der Waals surface area contributed by atoms with Crippen LogP contribution in [-0.2, 0) is 0 Å². The minimum absolute atomic E-state index is 0.460. The summed E-state index contributed by atoms with van der Waals surface area (Å²) in [6.45, 7) is 9.66. The molecule has 0 spiro atoms. The molecule has 82 valence electrons. The Kier molecular flexibility index (Phi) is 2.85. The van der Waals surface area contributed by atoms with E-state index in [1.54, 1.807) is 0 Å². The Balaban J connectivity index is 2.00. The molecule has 2 aliphatic rings. The lowest BCUT2D eigenvalue weighted by molar-refractivity contribution is 0.0845. The number of hydrogen-bond donors (Lipinski definition) is 1. The summed E-state index contributed by atoms with van der Waals surface area (Å²) in [4.78, 5) is 2.75. The quantitative estimate of drug-likeness (QED) is 0.690. The highest BCUT2D eigenvalue weighted by atomic mass is 15.2. The Morgan fingerprint density at radius 2 is 2.14 bits per heavy atom. The van der Waals surface area contributed by atoms with Gasteiger partial charge in [-0.15, -0.1) is 0 Å². The Morgan fingerprint density at radius 1 is 1.36 bits per heavy atom. The third-order valence-electron chi connectivity index (χ3n) is 4.00. The minimum atomic E-state index is 0.460. The van der Waals surface area contributed by atoms with Crippen molar-refractivity contribution in [2.45, 2.75) is 64.1 Å². The summed E-state index contributed by atoms with van der Waals surface area (Å²) in [5.41, 5.74) is 0.460. The fourth-order valence-electron chi connectivity index (χ4n) is 3.19. The first-order valence-corrected chi connectivity index (χ1v) is 6.10. The number of hydrogen-bond acceptors (Lipinski definition) is 2. The van der Waals surface area contributed by atoms with Crippen LogP contribution in [0.25, 0.3) is 0 Å². The second kappa shape index (κ2) is 3.82. The first-order valence-electron chi connectivity index (χ1n) is 6.10. The van der Waals surface area contributed by atoms with E-state index in [-0.39, 0.29) is 0 Å². The molecule has 0 aromatic rings. The molecular formula is C12H24N2. The Hall–Kier alpha value is -0.0800. The molecule has 2 aliphatic heterocycles. The van der Waals surface area contributed by atoms with Gasteiger partial charge in [-0.2, -0.15) is 0 Å². The van der Waals surface area contributed by atoms with Crippen molar-refractivity contribution in [3.05, 3.63) is 0 Å². The molecule has 0 saturated carbocycles. The topological polar surface area (TPSA) is 15.3 Å². The third kappa shape index (κ3) is 1.96. The average molecular weight is 196 g/mol. The molecule has 0 aromatic heterocycles. The van der Waals surface area contributed by atoms with Gasteiger partial charge in [0.1, 0.15) is 0 Å². The predicted octanol–water partition coefficient (Wildman–Crippen LogP) is 2.00. The summed E-state index contributed by atoms with van der Waals surface area (Å²) in [6, 6.07) is 1.55. The number of nitrogens with one attached hydrogen (secondary N) is 1. The van der Waals surface area contributed by atoms with E-state index in [1.807, 2.05) is 0 Å². The zero-order valence-corrected chi connectivity index (χ0v) is 9.84. The molecule has 2 atom stereocenters. The maximum absolute atomic E-state index is 3.54. The molecule has 0 aromatic carbocycles. The van der Waals surface area contributed by atoms with Crippen molar-refractivity contribution in [1.29, 1.82) is 0 Å². The monoisotopic (exact) mass is 196 g/mol. The van der Waals surface area contributed by atoms with Gasteiger partial charge in [-0.3, -0.25) is 4.90 Å². The van der Waals surface area contributed by atoms with Crippen LogP contribution in [-0.4, -0.2) is 35.6 Å². The van der Waals surface area contributed by atoms with Crippen molar-refractivity contribution in [2.75, 3.05) is 13.1 Å². The first-order chi connectivity index (χ1) is 6.59. The minimum Gasteiger partial charge on any atom is -0.314 e. The smallest absolute Gasteiger partial charge is 0.0156 e. The molecule has 0 bridgehead atoms. The van der Waals surface area contributed by atoms with E-state index in [4.69, 9.17) is 0 Å². The van der Waals surface area contributed by atoms with Crippen LogP contribution < -0.4 is 5.32 Å². The predicted molar refractivity (Wildman–Crippen MR) is 60.5 cm³/mol. The van der Waals surface area contributed by atoms with E-state index < -0.39 is 0 Å². The molecule has 1 N–H and O–H groups in total. The van der Waals surface area contributed by atoms with Gasteiger partial charge in [-0.1, -0.05) is 0 Å². The van der Waals surface area contributed by atoms with Crippen molar-refractivity contribution in [1.82, 2.24) is 10.2 Å². The lowest BCUT2D eigenvalue weighted by Gasteiger charge is -2.42. The van der Waals surface area contributed by atoms with Crippen molar-refractivity contribution >= 4 is 0 Å². The van der Waals surface area contributed by atoms with Gasteiger partial charge in [0.25, 0.3) is 0 Å². The largest absolute Gasteiger partial charge is 0.314 e. The van der Waals surface area contributed by atoms with Gasteiger partial charge in [0.2, 0.25) is 0 Å². The molecule has 2 nitrogen and oxygen atoms in total. The van der Waals surface area contributed by atoms with Crippen molar-refractivity contribution in [3.8, 4) is 0 Å². The number of nitrogens with zero attached hydrogens (tertiary/aromatic N) is 1. The van der Waals surface area contributed by atoms with Crippen LogP contribution in [0.1, 0.15) is 46.5 Å². The van der Waals surface area contributed by atoms with Crippen LogP contribution in [0, 0.1) is 0 Å². The second-order valence-corrected chi connectivity index (χ2v) is 5.64. The van der Waals surface area contributed by atoms with Gasteiger partial charge in [-0.05, 0) is 59.5 Å². The molecule has 2 heterocycles. The summed E-state index contributed by atoms with van der Waals surface area (Å²) in [5, 5.41) is 3.54. The highest BCUT2D eigenvalue weighted by Gasteiger charge is 2.37. The molecule has 14 heavy (non-hydrogen) atoms. The van der Waals surface area contributed by atoms with Crippen molar-refractivity contribution < 1.29 is 0 Å². The summed E-state index contributed by atoms with van der Waals surface area (Å²) >= 11 is 0. The number of likely N-dealkylation sites (tertiary alicyclic amines) is 1. The second-order valence-electron chi connectivity index (χ2n) is 5.64. The van der Waals surface area contributed by atoms with Crippen LogP contribution in [0.3, 0.4) is 0 Å². The normalized spacial score (nSPS) is 38.8. The molecule has 2 fully saturated rings. The average Bonchev–Trinajstić information content (AvgIpc) is 2.45. The molecule has 2 unspecified atom stereocenters. The summed E-state index contributed by atoms with van der Waals surface area (Å²) in [7, 11) is 0. The van der Waals surface area contributed by atoms with Crippen molar-refractivity contribution in [3.63, 3.8) is 0 Å². The van der Waals surface area contributed by atoms with Gasteiger partial charge in [0.05, 0.1) is 0 Å². The van der Waals surface area contributed by atoms with E-state index in [0.717, 1.165) is 6.04 Å². The lowest BCUT2D eigenvalue weighted by Crippen LogP contribution is -2.51. The van der Waals surface area contributed by atoms with E-state index in [2.05, 4.69) is 31.0 Å². The maximum Gasteiger partial charge on any atom is 0.0156 e. The summed E-state index contributed by atoms with van der Waals surface area (Å²) < 4.78 is 0. The standard InChI is InChI=1S/C12H24N2/c1-10-9-11(5-7-13-10)14-8-4-6-12(14,2)3/h10-11,13H,4-9H2,1-3H3. The van der Waals surface area contributed by atoms with Gasteiger partial charge in [-0.25, -0.2) is 0 Å². The van der Waals surface area contributed by atoms with Crippen LogP contribution in [0.4, 0.5) is 0 Å². The van der Waals surface area contributed by atoms with Gasteiger partial charge in [0, 0.05) is 17.6 Å². The highest BCUT2D eigenvalue weighted by Crippen LogP contribution is 2.33. The molecule has 0 amide bonds. The van der Waals surface area contributed by atoms with Gasteiger partial charge < -0.3 is 5.32 Å². The van der Waals surface area contributed by atoms with Gasteiger partial charge >= 0.3 is 0 Å². The van der Waals surface area contributed by atoms with Crippen LogP contribution in [0.2, 0.25) is 0 Å². The SMILES string of the molecule is CC1CC(N2CCCC2(C)C)CCN1. The maximum atomic E-state index is 3.54. The van der Waals surface area contributed by atoms with Crippen LogP contribution in [0.15, 0.2) is 0 Å². The lowest BCUT2D eigenvalue weighted by atomic mass is 9.94. The van der Waals surface area contributed by atoms with E-state index in [0.29, 0.717) is 11.6 Å². The Labute approximate surface area is 88.1 Å². The Morgan fingerprint density at radius 3 is 2.71 bits per heavy atom. The van der Waals surface area contributed by atoms with E-state index in [1.165, 1.54) is 38.8 Å². The highest BCUT2D eigenvalue weighted by molar-refractivity contribution is 4.94. The zero-order valence-electron chi connectivity index (χ0n) is 9.84. The fourth-order valence-corrected chi connectivity index (χ4v) is 3.19. The first kappa shape index (κ1) is 10.4. The van der Waals surface area contributed by atoms with Crippen LogP contribution in [0.5, 0.6) is 0 Å². The van der Waals surface area contributed by atoms with E-state index >= 15 is 0 Å². The van der Waals surface area contributed by atoms with Crippen LogP contribution >= 0.6 is 0 Å². The summed E-state index contributed by atoms with van der Waals surface area (Å²) in [6.07, 6.45) is 5.45. The molecule has 0 aliphatic carbocycles. The zero-order chi connectivity index (χ0) is 10.2. The van der Waals surface area contributed by atoms with Crippen molar-refractivity contribution in [2.24, 2.45) is 0 Å². The third-order valence-corrected chi connectivity index (χ3v) is 4.00. The number of rotatable bonds is 1. The molecule has 2 heteroatoms. The van der Waals surface area contributed by atoms with E-state index in [9.17, 15) is 0 Å².